The highest BCUT2D eigenvalue weighted by Crippen LogP contribution is 2.88. The molecule has 7 fully saturated rings. The molecule has 60 heavy (non-hydrogen) atoms. The Morgan fingerprint density at radius 1 is 0.800 bits per heavy atom. The molecule has 16 heteroatoms. The van der Waals surface area contributed by atoms with Gasteiger partial charge in [-0.1, -0.05) is 66.4 Å². The average molecular weight is 856 g/mol. The number of likely N-dealkylation sites (tertiary alicyclic amines) is 2. The van der Waals surface area contributed by atoms with E-state index >= 15 is 4.79 Å². The van der Waals surface area contributed by atoms with E-state index in [-0.39, 0.29) is 46.3 Å². The van der Waals surface area contributed by atoms with Crippen molar-refractivity contribution in [2.24, 2.45) is 39.4 Å². The molecule has 4 N–H and O–H groups in total. The van der Waals surface area contributed by atoms with Gasteiger partial charge in [-0.25, -0.2) is 4.72 Å². The lowest BCUT2D eigenvalue weighted by Gasteiger charge is -2.38. The number of fused-ring (bicyclic) bond motifs is 1. The van der Waals surface area contributed by atoms with E-state index in [1.807, 2.05) is 20.8 Å². The number of rotatable bonds is 12. The van der Waals surface area contributed by atoms with Gasteiger partial charge in [0, 0.05) is 56.9 Å². The highest BCUT2D eigenvalue weighted by Gasteiger charge is 2.85. The Hall–Kier alpha value is -3.53. The van der Waals surface area contributed by atoms with Crippen LogP contribution in [0.5, 0.6) is 0 Å². The summed E-state index contributed by atoms with van der Waals surface area (Å²) in [5.74, 6) is -3.36. The first-order valence-electron chi connectivity index (χ1n) is 22.6. The topological polar surface area (TPSA) is 194 Å². The molecule has 7 rings (SSSR count). The van der Waals surface area contributed by atoms with Crippen molar-refractivity contribution in [2.75, 3.05) is 32.7 Å². The molecule has 3 saturated heterocycles. The van der Waals surface area contributed by atoms with E-state index in [1.165, 1.54) is 11.2 Å². The minimum Gasteiger partial charge on any atom is -0.344 e. The van der Waals surface area contributed by atoms with E-state index in [4.69, 9.17) is 0 Å². The van der Waals surface area contributed by atoms with Crippen LogP contribution in [-0.4, -0.2) is 114 Å². The maximum atomic E-state index is 15.2. The SMILES string of the molecule is C=C[C@@H]1C[C@]1(NC(=O)[C@@H]1C[C@@]2(CN1C(=O)[C@@H](NC(=O)C(NC(=O)C1CCN(C(C)=O)CC1)C1CCCCC1)C(C)(C)C)C(C)(C)C21CCC1)C(=O)NS(=O)(=O)N1CCCC1. The summed E-state index contributed by atoms with van der Waals surface area (Å²) in [6.45, 7) is 17.3. The van der Waals surface area contributed by atoms with E-state index in [2.05, 4.69) is 41.1 Å². The molecule has 7 aliphatic rings. The number of hydrogen-bond acceptors (Lipinski definition) is 8. The summed E-state index contributed by atoms with van der Waals surface area (Å²) in [6.07, 6.45) is 12.0. The molecular formula is C44H69N7O8S. The second-order valence-corrected chi connectivity index (χ2v) is 22.5. The van der Waals surface area contributed by atoms with Crippen molar-refractivity contribution in [3.8, 4) is 0 Å². The van der Waals surface area contributed by atoms with E-state index < -0.39 is 68.8 Å². The van der Waals surface area contributed by atoms with Crippen molar-refractivity contribution >= 4 is 45.7 Å². The molecular weight excluding hydrogens is 787 g/mol. The summed E-state index contributed by atoms with van der Waals surface area (Å²) in [7, 11) is -4.12. The monoisotopic (exact) mass is 855 g/mol. The van der Waals surface area contributed by atoms with Crippen LogP contribution in [0.2, 0.25) is 0 Å². The Labute approximate surface area is 356 Å². The highest BCUT2D eigenvalue weighted by molar-refractivity contribution is 7.87. The molecule has 0 bridgehead atoms. The highest BCUT2D eigenvalue weighted by atomic mass is 32.2. The van der Waals surface area contributed by atoms with Gasteiger partial charge < -0.3 is 25.8 Å². The van der Waals surface area contributed by atoms with Gasteiger partial charge in [0.15, 0.2) is 0 Å². The first-order valence-corrected chi connectivity index (χ1v) is 24.0. The molecule has 3 heterocycles. The first-order chi connectivity index (χ1) is 28.1. The average Bonchev–Trinajstić information content (AvgIpc) is 3.63. The third-order valence-corrected chi connectivity index (χ3v) is 18.0. The minimum atomic E-state index is -4.12. The summed E-state index contributed by atoms with van der Waals surface area (Å²) in [5, 5.41) is 9.16. The van der Waals surface area contributed by atoms with Crippen molar-refractivity contribution in [1.82, 2.24) is 34.8 Å². The van der Waals surface area contributed by atoms with Gasteiger partial charge in [-0.3, -0.25) is 28.8 Å². The molecule has 1 unspecified atom stereocenters. The molecule has 3 aliphatic heterocycles. The van der Waals surface area contributed by atoms with Crippen LogP contribution in [0.3, 0.4) is 0 Å². The van der Waals surface area contributed by atoms with Crippen molar-refractivity contribution < 1.29 is 37.2 Å². The smallest absolute Gasteiger partial charge is 0.303 e. The standard InChI is InChI=1S/C44H69N7O8S/c1-8-31-25-44(31,39(57)48-60(58,59)50-21-12-13-22-50)47-36(54)32-26-43(41(6,7)42(43)19-14-20-42)27-51(32)38(56)34(40(3,4)5)46-37(55)33(29-15-10-9-11-16-29)45-35(53)30-17-23-49(24-18-30)28(2)52/h8,29-34H,1,9-27H2,2-7H3,(H,45,53)(H,46,55)(H,47,54)(H,48,57)/t31-,32+,33?,34-,43-,44-/m1/s1. The van der Waals surface area contributed by atoms with Gasteiger partial charge >= 0.3 is 10.2 Å². The Morgan fingerprint density at radius 3 is 1.95 bits per heavy atom. The zero-order valence-corrected chi connectivity index (χ0v) is 37.5. The minimum absolute atomic E-state index is 0.0233. The third kappa shape index (κ3) is 7.57. The fraction of sp³-hybridized carbons (Fsp3) is 0.818. The number of hydrogen-bond donors (Lipinski definition) is 4. The van der Waals surface area contributed by atoms with Crippen LogP contribution < -0.4 is 20.7 Å². The van der Waals surface area contributed by atoms with Crippen molar-refractivity contribution in [2.45, 2.75) is 155 Å². The largest absolute Gasteiger partial charge is 0.344 e. The number of amides is 6. The van der Waals surface area contributed by atoms with Gasteiger partial charge in [-0.05, 0) is 86.4 Å². The fourth-order valence-corrected chi connectivity index (χ4v) is 13.5. The number of carbonyl (C=O) groups excluding carboxylic acids is 6. The maximum Gasteiger partial charge on any atom is 0.303 e. The zero-order chi connectivity index (χ0) is 43.6. The summed E-state index contributed by atoms with van der Waals surface area (Å²) in [6, 6.07) is -2.88. The Kier molecular flexibility index (Phi) is 11.9. The second-order valence-electron chi connectivity index (χ2n) is 20.9. The Bertz CT molecular complexity index is 1870. The molecule has 0 aromatic carbocycles. The second kappa shape index (κ2) is 16.0. The Morgan fingerprint density at radius 2 is 1.43 bits per heavy atom. The Balaban J connectivity index is 1.13. The normalized spacial score (nSPS) is 31.2. The summed E-state index contributed by atoms with van der Waals surface area (Å²) >= 11 is 0. The van der Waals surface area contributed by atoms with E-state index in [9.17, 15) is 32.4 Å². The van der Waals surface area contributed by atoms with Gasteiger partial charge in [0.25, 0.3) is 5.91 Å². The first kappa shape index (κ1) is 44.5. The summed E-state index contributed by atoms with van der Waals surface area (Å²) in [4.78, 5) is 87.5. The molecule has 4 saturated carbocycles. The molecule has 0 aromatic heterocycles. The van der Waals surface area contributed by atoms with Crippen LogP contribution in [0.15, 0.2) is 12.7 Å². The summed E-state index contributed by atoms with van der Waals surface area (Å²) in [5.41, 5.74) is -2.88. The zero-order valence-electron chi connectivity index (χ0n) is 36.7. The molecule has 334 valence electrons. The molecule has 0 radical (unpaired) electrons. The summed E-state index contributed by atoms with van der Waals surface area (Å²) < 4.78 is 29.8. The predicted octanol–water partition coefficient (Wildman–Crippen LogP) is 3.16. The number of piperidine rings is 1. The van der Waals surface area contributed by atoms with Crippen LogP contribution >= 0.6 is 0 Å². The van der Waals surface area contributed by atoms with Gasteiger partial charge in [-0.2, -0.15) is 12.7 Å². The lowest BCUT2D eigenvalue weighted by Crippen LogP contribution is -2.62. The molecule has 15 nitrogen and oxygen atoms in total. The quantitative estimate of drug-likeness (QED) is 0.215. The molecule has 2 spiro atoms. The van der Waals surface area contributed by atoms with E-state index in [0.29, 0.717) is 64.8 Å². The predicted molar refractivity (Wildman–Crippen MR) is 225 cm³/mol. The molecule has 6 atom stereocenters. The van der Waals surface area contributed by atoms with Crippen LogP contribution in [-0.2, 0) is 39.0 Å². The maximum absolute atomic E-state index is 15.2. The third-order valence-electron chi connectivity index (χ3n) is 16.5. The van der Waals surface area contributed by atoms with E-state index in [1.54, 1.807) is 15.9 Å². The van der Waals surface area contributed by atoms with Crippen LogP contribution in [0.4, 0.5) is 0 Å². The lowest BCUT2D eigenvalue weighted by molar-refractivity contribution is -0.145. The van der Waals surface area contributed by atoms with Gasteiger partial charge in [0.05, 0.1) is 0 Å². The molecule has 4 aliphatic carbocycles. The van der Waals surface area contributed by atoms with Gasteiger partial charge in [0.1, 0.15) is 23.7 Å². The number of carbonyl (C=O) groups is 6. The van der Waals surface area contributed by atoms with Crippen molar-refractivity contribution in [1.29, 1.82) is 0 Å². The van der Waals surface area contributed by atoms with Crippen molar-refractivity contribution in [3.63, 3.8) is 0 Å². The van der Waals surface area contributed by atoms with Gasteiger partial charge in [0.2, 0.25) is 29.5 Å². The van der Waals surface area contributed by atoms with Crippen molar-refractivity contribution in [3.05, 3.63) is 12.7 Å². The van der Waals surface area contributed by atoms with Crippen LogP contribution in [0.1, 0.15) is 131 Å². The van der Waals surface area contributed by atoms with E-state index in [0.717, 1.165) is 51.4 Å². The number of nitrogens with one attached hydrogen (secondary N) is 4. The molecule has 0 aromatic rings. The van der Waals surface area contributed by atoms with Crippen LogP contribution in [0.25, 0.3) is 0 Å². The fourth-order valence-electron chi connectivity index (χ4n) is 12.2. The molecule has 6 amide bonds. The number of nitrogens with zero attached hydrogens (tertiary/aromatic N) is 3. The lowest BCUT2D eigenvalue weighted by atomic mass is 9.73. The van der Waals surface area contributed by atoms with Gasteiger partial charge in [-0.15, -0.1) is 6.58 Å². The van der Waals surface area contributed by atoms with Crippen LogP contribution in [0, 0.1) is 39.4 Å².